The molecular formula is C14H12ClN3O3S. The molecule has 0 unspecified atom stereocenters. The molecule has 6 nitrogen and oxygen atoms in total. The third-order valence-corrected chi connectivity index (χ3v) is 4.82. The van der Waals surface area contributed by atoms with Gasteiger partial charge in [-0.1, -0.05) is 17.7 Å². The summed E-state index contributed by atoms with van der Waals surface area (Å²) in [4.78, 5) is 0.0544. The molecule has 2 aromatic carbocycles. The Kier molecular flexibility index (Phi) is 3.67. The van der Waals surface area contributed by atoms with Gasteiger partial charge in [-0.05, 0) is 30.3 Å². The predicted octanol–water partition coefficient (Wildman–Crippen LogP) is 3.03. The van der Waals surface area contributed by atoms with E-state index in [9.17, 15) is 8.42 Å². The van der Waals surface area contributed by atoms with Gasteiger partial charge in [-0.25, -0.2) is 8.42 Å². The van der Waals surface area contributed by atoms with E-state index in [0.717, 1.165) is 5.52 Å². The zero-order chi connectivity index (χ0) is 15.7. The van der Waals surface area contributed by atoms with Crippen molar-refractivity contribution in [1.82, 2.24) is 10.2 Å². The van der Waals surface area contributed by atoms with E-state index in [2.05, 4.69) is 14.9 Å². The number of aromatic nitrogens is 2. The molecule has 0 bridgehead atoms. The third-order valence-electron chi connectivity index (χ3n) is 3.16. The van der Waals surface area contributed by atoms with Gasteiger partial charge in [0.1, 0.15) is 5.75 Å². The Bertz CT molecular complexity index is 937. The standard InChI is InChI=1S/C14H12ClN3O3S/c1-21-14-6-5-9(7-11(14)15)22(19,20)18-13-4-2-3-12-10(13)8-16-17-12/h2-8,18H,1H3,(H,16,17). The number of rotatable bonds is 4. The molecule has 0 saturated carbocycles. The van der Waals surface area contributed by atoms with Gasteiger partial charge in [-0.3, -0.25) is 9.82 Å². The summed E-state index contributed by atoms with van der Waals surface area (Å²) in [7, 11) is -2.30. The number of aromatic amines is 1. The van der Waals surface area contributed by atoms with Crippen molar-refractivity contribution in [3.8, 4) is 5.75 Å². The molecule has 0 aliphatic rings. The van der Waals surface area contributed by atoms with Crippen molar-refractivity contribution in [3.63, 3.8) is 0 Å². The first kappa shape index (κ1) is 14.7. The molecule has 8 heteroatoms. The van der Waals surface area contributed by atoms with Crippen LogP contribution in [0.2, 0.25) is 5.02 Å². The van der Waals surface area contributed by atoms with E-state index in [1.165, 1.54) is 25.3 Å². The topological polar surface area (TPSA) is 84.1 Å². The molecule has 22 heavy (non-hydrogen) atoms. The number of benzene rings is 2. The first-order chi connectivity index (χ1) is 10.5. The van der Waals surface area contributed by atoms with E-state index < -0.39 is 10.0 Å². The van der Waals surface area contributed by atoms with Crippen molar-refractivity contribution in [3.05, 3.63) is 47.6 Å². The van der Waals surface area contributed by atoms with E-state index in [1.54, 1.807) is 18.3 Å². The summed E-state index contributed by atoms with van der Waals surface area (Å²) in [6, 6.07) is 9.50. The Morgan fingerprint density at radius 1 is 1.27 bits per heavy atom. The Morgan fingerprint density at radius 3 is 2.82 bits per heavy atom. The number of methoxy groups -OCH3 is 1. The fraction of sp³-hybridized carbons (Fsp3) is 0.0714. The number of fused-ring (bicyclic) bond motifs is 1. The summed E-state index contributed by atoms with van der Waals surface area (Å²) < 4.78 is 32.5. The van der Waals surface area contributed by atoms with Gasteiger partial charge in [-0.2, -0.15) is 5.10 Å². The average Bonchev–Trinajstić information content (AvgIpc) is 2.96. The molecule has 0 amide bonds. The highest BCUT2D eigenvalue weighted by molar-refractivity contribution is 7.92. The maximum atomic E-state index is 12.5. The lowest BCUT2D eigenvalue weighted by Crippen LogP contribution is -2.13. The quantitative estimate of drug-likeness (QED) is 0.766. The second kappa shape index (κ2) is 5.51. The minimum Gasteiger partial charge on any atom is -0.495 e. The molecule has 1 heterocycles. The second-order valence-corrected chi connectivity index (χ2v) is 6.63. The van der Waals surface area contributed by atoms with Crippen LogP contribution in [0.15, 0.2) is 47.5 Å². The van der Waals surface area contributed by atoms with Crippen molar-refractivity contribution in [2.75, 3.05) is 11.8 Å². The highest BCUT2D eigenvalue weighted by Crippen LogP contribution is 2.29. The van der Waals surface area contributed by atoms with E-state index >= 15 is 0 Å². The minimum absolute atomic E-state index is 0.0544. The molecule has 0 aliphatic heterocycles. The lowest BCUT2D eigenvalue weighted by molar-refractivity contribution is 0.414. The molecule has 0 aliphatic carbocycles. The highest BCUT2D eigenvalue weighted by atomic mass is 35.5. The molecular weight excluding hydrogens is 326 g/mol. The number of nitrogens with zero attached hydrogens (tertiary/aromatic N) is 1. The van der Waals surface area contributed by atoms with Crippen molar-refractivity contribution in [2.45, 2.75) is 4.90 Å². The van der Waals surface area contributed by atoms with Crippen LogP contribution in [0, 0.1) is 0 Å². The molecule has 0 spiro atoms. The summed E-state index contributed by atoms with van der Waals surface area (Å²) in [5.74, 6) is 0.414. The smallest absolute Gasteiger partial charge is 0.261 e. The van der Waals surface area contributed by atoms with Crippen LogP contribution in [-0.4, -0.2) is 25.7 Å². The Labute approximate surface area is 132 Å². The molecule has 3 rings (SSSR count). The molecule has 0 atom stereocenters. The van der Waals surface area contributed by atoms with Gasteiger partial charge in [0.2, 0.25) is 0 Å². The van der Waals surface area contributed by atoms with Gasteiger partial charge < -0.3 is 4.74 Å². The van der Waals surface area contributed by atoms with Crippen molar-refractivity contribution < 1.29 is 13.2 Å². The normalized spacial score (nSPS) is 11.5. The summed E-state index contributed by atoms with van der Waals surface area (Å²) in [6.45, 7) is 0. The van der Waals surface area contributed by atoms with Gasteiger partial charge in [0.05, 0.1) is 34.4 Å². The fourth-order valence-electron chi connectivity index (χ4n) is 2.08. The van der Waals surface area contributed by atoms with E-state index in [0.29, 0.717) is 16.8 Å². The lowest BCUT2D eigenvalue weighted by atomic mass is 10.2. The number of H-pyrrole nitrogens is 1. The zero-order valence-corrected chi connectivity index (χ0v) is 13.1. The molecule has 1 aromatic heterocycles. The van der Waals surface area contributed by atoms with Crippen LogP contribution in [0.1, 0.15) is 0 Å². The lowest BCUT2D eigenvalue weighted by Gasteiger charge is -2.10. The van der Waals surface area contributed by atoms with Crippen LogP contribution in [-0.2, 0) is 10.0 Å². The first-order valence-corrected chi connectivity index (χ1v) is 8.16. The monoisotopic (exact) mass is 337 g/mol. The minimum atomic E-state index is -3.76. The van der Waals surface area contributed by atoms with Crippen molar-refractivity contribution >= 4 is 38.2 Å². The largest absolute Gasteiger partial charge is 0.495 e. The van der Waals surface area contributed by atoms with Crippen LogP contribution in [0.4, 0.5) is 5.69 Å². The van der Waals surface area contributed by atoms with E-state index in [1.807, 2.05) is 6.07 Å². The number of hydrogen-bond donors (Lipinski definition) is 2. The SMILES string of the molecule is COc1ccc(S(=O)(=O)Nc2cccc3[nH]ncc23)cc1Cl. The molecule has 3 aromatic rings. The van der Waals surface area contributed by atoms with Crippen LogP contribution < -0.4 is 9.46 Å². The molecule has 2 N–H and O–H groups in total. The fourth-order valence-corrected chi connectivity index (χ4v) is 3.50. The summed E-state index contributed by atoms with van der Waals surface area (Å²) in [6.07, 6.45) is 1.56. The van der Waals surface area contributed by atoms with Gasteiger partial charge in [0, 0.05) is 5.39 Å². The highest BCUT2D eigenvalue weighted by Gasteiger charge is 2.17. The average molecular weight is 338 g/mol. The Balaban J connectivity index is 2.00. The number of halogens is 1. The van der Waals surface area contributed by atoms with Crippen LogP contribution in [0.5, 0.6) is 5.75 Å². The molecule has 0 radical (unpaired) electrons. The summed E-state index contributed by atoms with van der Waals surface area (Å²) in [5.41, 5.74) is 1.19. The number of sulfonamides is 1. The Hall–Kier alpha value is -2.25. The second-order valence-electron chi connectivity index (χ2n) is 4.54. The zero-order valence-electron chi connectivity index (χ0n) is 11.5. The predicted molar refractivity (Wildman–Crippen MR) is 84.9 cm³/mol. The van der Waals surface area contributed by atoms with Gasteiger partial charge in [-0.15, -0.1) is 0 Å². The number of nitrogens with one attached hydrogen (secondary N) is 2. The summed E-state index contributed by atoms with van der Waals surface area (Å²) >= 11 is 5.98. The maximum Gasteiger partial charge on any atom is 0.261 e. The van der Waals surface area contributed by atoms with Gasteiger partial charge in [0.15, 0.2) is 0 Å². The van der Waals surface area contributed by atoms with Crippen molar-refractivity contribution in [2.24, 2.45) is 0 Å². The van der Waals surface area contributed by atoms with Crippen LogP contribution in [0.3, 0.4) is 0 Å². The summed E-state index contributed by atoms with van der Waals surface area (Å²) in [5, 5.41) is 7.61. The first-order valence-electron chi connectivity index (χ1n) is 6.30. The number of ether oxygens (including phenoxy) is 1. The molecule has 0 saturated heterocycles. The van der Waals surface area contributed by atoms with Gasteiger partial charge >= 0.3 is 0 Å². The van der Waals surface area contributed by atoms with Crippen molar-refractivity contribution in [1.29, 1.82) is 0 Å². The Morgan fingerprint density at radius 2 is 2.09 bits per heavy atom. The molecule has 0 fully saturated rings. The molecule has 114 valence electrons. The van der Waals surface area contributed by atoms with E-state index in [-0.39, 0.29) is 9.92 Å². The van der Waals surface area contributed by atoms with Crippen LogP contribution in [0.25, 0.3) is 10.9 Å². The van der Waals surface area contributed by atoms with Crippen LogP contribution >= 0.6 is 11.6 Å². The number of anilines is 1. The van der Waals surface area contributed by atoms with Gasteiger partial charge in [0.25, 0.3) is 10.0 Å². The van der Waals surface area contributed by atoms with E-state index in [4.69, 9.17) is 16.3 Å². The maximum absolute atomic E-state index is 12.5. The number of hydrogen-bond acceptors (Lipinski definition) is 4. The third kappa shape index (κ3) is 2.60.